The molecular weight excluding hydrogens is 270 g/mol. The summed E-state index contributed by atoms with van der Waals surface area (Å²) in [5, 5.41) is 1.15. The molecule has 0 aromatic carbocycles. The number of thiophene rings is 1. The van der Waals surface area contributed by atoms with Gasteiger partial charge in [-0.3, -0.25) is 5.43 Å². The number of rotatable bonds is 5. The smallest absolute Gasteiger partial charge is 0.240 e. The van der Waals surface area contributed by atoms with Crippen molar-refractivity contribution in [2.75, 3.05) is 23.4 Å². The summed E-state index contributed by atoms with van der Waals surface area (Å²) >= 11 is 1.69. The summed E-state index contributed by atoms with van der Waals surface area (Å²) in [5.41, 5.74) is 2.59. The molecule has 3 rings (SSSR count). The van der Waals surface area contributed by atoms with Gasteiger partial charge in [0, 0.05) is 18.0 Å². The van der Waals surface area contributed by atoms with E-state index in [1.54, 1.807) is 11.3 Å². The largest absolute Gasteiger partial charge is 0.356 e. The van der Waals surface area contributed by atoms with Crippen molar-refractivity contribution in [2.24, 2.45) is 11.8 Å². The Balaban J connectivity index is 2.01. The van der Waals surface area contributed by atoms with Crippen LogP contribution in [-0.2, 0) is 0 Å². The van der Waals surface area contributed by atoms with Gasteiger partial charge in [-0.05, 0) is 38.7 Å². The first-order chi connectivity index (χ1) is 9.71. The second kappa shape index (κ2) is 5.54. The fourth-order valence-electron chi connectivity index (χ4n) is 2.68. The lowest BCUT2D eigenvalue weighted by atomic mass is 9.85. The second-order valence-corrected chi connectivity index (χ2v) is 6.66. The van der Waals surface area contributed by atoms with E-state index in [4.69, 9.17) is 5.84 Å². The SMILES string of the molecule is CCN(CC1CCC1)c1nc(NN)nc2sc(C)cc12. The number of hydrogen-bond acceptors (Lipinski definition) is 6. The Morgan fingerprint density at radius 3 is 2.85 bits per heavy atom. The maximum atomic E-state index is 5.51. The van der Waals surface area contributed by atoms with Crippen molar-refractivity contribution in [3.8, 4) is 0 Å². The van der Waals surface area contributed by atoms with Gasteiger partial charge in [0.2, 0.25) is 5.95 Å². The minimum absolute atomic E-state index is 0.501. The molecule has 0 aliphatic heterocycles. The molecule has 1 fully saturated rings. The summed E-state index contributed by atoms with van der Waals surface area (Å²) in [7, 11) is 0. The van der Waals surface area contributed by atoms with Crippen LogP contribution < -0.4 is 16.2 Å². The first-order valence-electron chi connectivity index (χ1n) is 7.21. The number of aryl methyl sites for hydroxylation is 1. The highest BCUT2D eigenvalue weighted by Gasteiger charge is 2.23. The first-order valence-corrected chi connectivity index (χ1v) is 8.02. The highest BCUT2D eigenvalue weighted by Crippen LogP contribution is 2.34. The van der Waals surface area contributed by atoms with Gasteiger partial charge in [0.25, 0.3) is 0 Å². The van der Waals surface area contributed by atoms with Crippen molar-refractivity contribution in [3.63, 3.8) is 0 Å². The molecule has 2 heterocycles. The normalized spacial score (nSPS) is 15.3. The molecule has 0 atom stereocenters. The Morgan fingerprint density at radius 1 is 1.45 bits per heavy atom. The summed E-state index contributed by atoms with van der Waals surface area (Å²) in [6.45, 7) is 6.33. The van der Waals surface area contributed by atoms with Crippen LogP contribution >= 0.6 is 11.3 Å². The number of nitrogens with one attached hydrogen (secondary N) is 1. The molecule has 20 heavy (non-hydrogen) atoms. The molecule has 0 radical (unpaired) electrons. The number of hydrazine groups is 1. The van der Waals surface area contributed by atoms with E-state index in [1.165, 1.54) is 24.1 Å². The quantitative estimate of drug-likeness (QED) is 0.655. The van der Waals surface area contributed by atoms with E-state index in [1.807, 2.05) is 0 Å². The van der Waals surface area contributed by atoms with Gasteiger partial charge < -0.3 is 4.90 Å². The van der Waals surface area contributed by atoms with Crippen LogP contribution in [-0.4, -0.2) is 23.1 Å². The molecule has 6 heteroatoms. The molecule has 1 saturated carbocycles. The lowest BCUT2D eigenvalue weighted by Crippen LogP contribution is -2.33. The van der Waals surface area contributed by atoms with E-state index in [0.717, 1.165) is 35.0 Å². The topological polar surface area (TPSA) is 67.1 Å². The van der Waals surface area contributed by atoms with Gasteiger partial charge in [-0.1, -0.05) is 6.42 Å². The summed E-state index contributed by atoms with van der Waals surface area (Å²) in [6.07, 6.45) is 4.05. The molecule has 3 N–H and O–H groups in total. The van der Waals surface area contributed by atoms with E-state index < -0.39 is 0 Å². The zero-order valence-corrected chi connectivity index (χ0v) is 12.8. The van der Waals surface area contributed by atoms with Gasteiger partial charge >= 0.3 is 0 Å². The van der Waals surface area contributed by atoms with Crippen LogP contribution in [0.4, 0.5) is 11.8 Å². The van der Waals surface area contributed by atoms with Crippen LogP contribution in [0.3, 0.4) is 0 Å². The van der Waals surface area contributed by atoms with Crippen LogP contribution in [0.2, 0.25) is 0 Å². The Kier molecular flexibility index (Phi) is 3.76. The molecular formula is C14H21N5S. The number of anilines is 2. The molecule has 0 saturated heterocycles. The number of nitrogens with zero attached hydrogens (tertiary/aromatic N) is 3. The zero-order chi connectivity index (χ0) is 14.1. The van der Waals surface area contributed by atoms with Crippen molar-refractivity contribution in [1.82, 2.24) is 9.97 Å². The van der Waals surface area contributed by atoms with Gasteiger partial charge in [0.05, 0.1) is 5.39 Å². The number of hydrogen-bond donors (Lipinski definition) is 2. The molecule has 0 amide bonds. The standard InChI is InChI=1S/C14H21N5S/c1-3-19(8-10-5-4-6-10)12-11-7-9(2)20-13(11)17-14(16-12)18-15/h7,10H,3-6,8,15H2,1-2H3,(H,16,17,18). The van der Waals surface area contributed by atoms with Crippen molar-refractivity contribution >= 4 is 33.3 Å². The van der Waals surface area contributed by atoms with Crippen LogP contribution in [0.5, 0.6) is 0 Å². The zero-order valence-electron chi connectivity index (χ0n) is 12.0. The second-order valence-electron chi connectivity index (χ2n) is 5.43. The molecule has 0 spiro atoms. The highest BCUT2D eigenvalue weighted by molar-refractivity contribution is 7.18. The fraction of sp³-hybridized carbons (Fsp3) is 0.571. The Hall–Kier alpha value is -1.40. The van der Waals surface area contributed by atoms with Crippen LogP contribution in [0.15, 0.2) is 6.07 Å². The molecule has 2 aromatic rings. The Labute approximate surface area is 123 Å². The maximum Gasteiger partial charge on any atom is 0.240 e. The summed E-state index contributed by atoms with van der Waals surface area (Å²) < 4.78 is 0. The predicted octanol–water partition coefficient (Wildman–Crippen LogP) is 2.91. The number of aromatic nitrogens is 2. The molecule has 5 nitrogen and oxygen atoms in total. The third kappa shape index (κ3) is 2.45. The Bertz CT molecular complexity index is 605. The monoisotopic (exact) mass is 291 g/mol. The minimum atomic E-state index is 0.501. The van der Waals surface area contributed by atoms with E-state index in [-0.39, 0.29) is 0 Å². The molecule has 0 unspecified atom stereocenters. The van der Waals surface area contributed by atoms with Crippen LogP contribution in [0.1, 0.15) is 31.1 Å². The summed E-state index contributed by atoms with van der Waals surface area (Å²) in [6, 6.07) is 2.18. The lowest BCUT2D eigenvalue weighted by Gasteiger charge is -2.32. The van der Waals surface area contributed by atoms with E-state index >= 15 is 0 Å². The molecule has 108 valence electrons. The number of nitrogens with two attached hydrogens (primary N) is 1. The number of nitrogen functional groups attached to an aromatic ring is 1. The highest BCUT2D eigenvalue weighted by atomic mass is 32.1. The maximum absolute atomic E-state index is 5.51. The van der Waals surface area contributed by atoms with E-state index in [9.17, 15) is 0 Å². The average molecular weight is 291 g/mol. The van der Waals surface area contributed by atoms with Crippen molar-refractivity contribution < 1.29 is 0 Å². The molecule has 2 aromatic heterocycles. The van der Waals surface area contributed by atoms with Gasteiger partial charge in [0.1, 0.15) is 10.6 Å². The van der Waals surface area contributed by atoms with E-state index in [2.05, 4.69) is 40.2 Å². The molecule has 1 aliphatic carbocycles. The molecule has 1 aliphatic rings. The predicted molar refractivity (Wildman–Crippen MR) is 85.2 cm³/mol. The van der Waals surface area contributed by atoms with E-state index in [0.29, 0.717) is 5.95 Å². The molecule has 0 bridgehead atoms. The average Bonchev–Trinajstić information content (AvgIpc) is 2.77. The van der Waals surface area contributed by atoms with Crippen molar-refractivity contribution in [1.29, 1.82) is 0 Å². The number of fused-ring (bicyclic) bond motifs is 1. The van der Waals surface area contributed by atoms with Gasteiger partial charge in [-0.2, -0.15) is 4.98 Å². The third-order valence-electron chi connectivity index (χ3n) is 4.01. The fourth-order valence-corrected chi connectivity index (χ4v) is 3.56. The van der Waals surface area contributed by atoms with Crippen LogP contribution in [0.25, 0.3) is 10.2 Å². The first kappa shape index (κ1) is 13.6. The van der Waals surface area contributed by atoms with Gasteiger partial charge in [-0.25, -0.2) is 10.8 Å². The van der Waals surface area contributed by atoms with Gasteiger partial charge in [0.15, 0.2) is 0 Å². The van der Waals surface area contributed by atoms with Gasteiger partial charge in [-0.15, -0.1) is 11.3 Å². The van der Waals surface area contributed by atoms with Crippen molar-refractivity contribution in [2.45, 2.75) is 33.1 Å². The van der Waals surface area contributed by atoms with Crippen LogP contribution in [0, 0.1) is 12.8 Å². The lowest BCUT2D eigenvalue weighted by molar-refractivity contribution is 0.318. The minimum Gasteiger partial charge on any atom is -0.356 e. The summed E-state index contributed by atoms with van der Waals surface area (Å²) in [4.78, 5) is 13.7. The van der Waals surface area contributed by atoms with Crippen molar-refractivity contribution in [3.05, 3.63) is 10.9 Å². The third-order valence-corrected chi connectivity index (χ3v) is 4.95. The summed E-state index contributed by atoms with van der Waals surface area (Å²) in [5.74, 6) is 7.84. The Morgan fingerprint density at radius 2 is 2.25 bits per heavy atom.